The molecule has 2 heterocycles. The van der Waals surface area contributed by atoms with E-state index in [9.17, 15) is 4.79 Å². The lowest BCUT2D eigenvalue weighted by atomic mass is 10.2. The van der Waals surface area contributed by atoms with Gasteiger partial charge >= 0.3 is 0 Å². The van der Waals surface area contributed by atoms with Crippen LogP contribution in [0.4, 0.5) is 10.8 Å². The van der Waals surface area contributed by atoms with E-state index in [0.717, 1.165) is 37.8 Å². The zero-order valence-corrected chi connectivity index (χ0v) is 18.7. The quantitative estimate of drug-likeness (QED) is 0.287. The zero-order valence-electron chi connectivity index (χ0n) is 17.0. The maximum atomic E-state index is 12.9. The first kappa shape index (κ1) is 20.4. The molecular weight excluding hydrogens is 412 g/mol. The van der Waals surface area contributed by atoms with Crippen molar-refractivity contribution in [1.29, 1.82) is 0 Å². The zero-order chi connectivity index (χ0) is 21.1. The average molecular weight is 435 g/mol. The van der Waals surface area contributed by atoms with Gasteiger partial charge in [0.25, 0.3) is 0 Å². The summed E-state index contributed by atoms with van der Waals surface area (Å²) in [5.74, 6) is 0.428. The lowest BCUT2D eigenvalue weighted by Gasteiger charge is -2.09. The summed E-state index contributed by atoms with van der Waals surface area (Å²) < 4.78 is 2.89. The summed E-state index contributed by atoms with van der Waals surface area (Å²) >= 11 is 2.88. The largest absolute Gasteiger partial charge is 0.330 e. The molecule has 0 amide bonds. The molecule has 2 aromatic heterocycles. The van der Waals surface area contributed by atoms with Gasteiger partial charge in [-0.05, 0) is 56.7 Å². The standard InChI is InChI=1S/C23H22N4OS2/c1-15-8-7-9-18(12-15)24-22-25-26-23(30-22)29-14-21(28)20-13-16(2)27(17(20)3)19-10-5-4-6-11-19/h4-13H,14H2,1-3H3,(H,24,25). The van der Waals surface area contributed by atoms with Crippen molar-refractivity contribution >= 4 is 39.7 Å². The smallest absolute Gasteiger partial charge is 0.210 e. The molecule has 4 rings (SSSR count). The maximum Gasteiger partial charge on any atom is 0.210 e. The Morgan fingerprint density at radius 3 is 2.60 bits per heavy atom. The van der Waals surface area contributed by atoms with Crippen molar-refractivity contribution in [3.63, 3.8) is 0 Å². The third-order valence-corrected chi connectivity index (χ3v) is 6.72. The summed E-state index contributed by atoms with van der Waals surface area (Å²) in [4.78, 5) is 12.9. The number of aromatic nitrogens is 3. The van der Waals surface area contributed by atoms with Gasteiger partial charge in [0, 0.05) is 28.3 Å². The molecule has 0 bridgehead atoms. The molecule has 0 saturated carbocycles. The van der Waals surface area contributed by atoms with E-state index in [1.165, 1.54) is 28.7 Å². The van der Waals surface area contributed by atoms with Gasteiger partial charge in [-0.2, -0.15) is 0 Å². The number of nitrogens with one attached hydrogen (secondary N) is 1. The highest BCUT2D eigenvalue weighted by Crippen LogP contribution is 2.29. The average Bonchev–Trinajstić information content (AvgIpc) is 3.30. The fourth-order valence-electron chi connectivity index (χ4n) is 3.39. The van der Waals surface area contributed by atoms with Crippen molar-refractivity contribution < 1.29 is 4.79 Å². The van der Waals surface area contributed by atoms with Gasteiger partial charge in [-0.1, -0.05) is 53.4 Å². The first-order chi connectivity index (χ1) is 14.5. The molecule has 0 unspecified atom stereocenters. The SMILES string of the molecule is Cc1cccc(Nc2nnc(SCC(=O)c3cc(C)n(-c4ccccc4)c3C)s2)c1. The van der Waals surface area contributed by atoms with Gasteiger partial charge in [-0.25, -0.2) is 0 Å². The number of carbonyl (C=O) groups is 1. The van der Waals surface area contributed by atoms with Crippen LogP contribution in [0.5, 0.6) is 0 Å². The van der Waals surface area contributed by atoms with Crippen LogP contribution in [0.25, 0.3) is 5.69 Å². The van der Waals surface area contributed by atoms with Crippen molar-refractivity contribution in [2.45, 2.75) is 25.1 Å². The van der Waals surface area contributed by atoms with E-state index in [2.05, 4.69) is 26.1 Å². The van der Waals surface area contributed by atoms with E-state index in [1.807, 2.05) is 75.4 Å². The van der Waals surface area contributed by atoms with Crippen LogP contribution in [0, 0.1) is 20.8 Å². The van der Waals surface area contributed by atoms with Gasteiger partial charge in [0.05, 0.1) is 5.75 Å². The van der Waals surface area contributed by atoms with E-state index < -0.39 is 0 Å². The molecule has 2 aromatic carbocycles. The minimum atomic E-state index is 0.0960. The van der Waals surface area contributed by atoms with Crippen molar-refractivity contribution in [1.82, 2.24) is 14.8 Å². The molecule has 0 atom stereocenters. The number of hydrogen-bond donors (Lipinski definition) is 1. The first-order valence-electron chi connectivity index (χ1n) is 9.59. The molecule has 152 valence electrons. The maximum absolute atomic E-state index is 12.9. The number of aryl methyl sites for hydroxylation is 2. The Morgan fingerprint density at radius 1 is 1.03 bits per heavy atom. The monoisotopic (exact) mass is 434 g/mol. The minimum absolute atomic E-state index is 0.0960. The second-order valence-electron chi connectivity index (χ2n) is 7.04. The first-order valence-corrected chi connectivity index (χ1v) is 11.4. The molecule has 0 saturated heterocycles. The highest BCUT2D eigenvalue weighted by atomic mass is 32.2. The lowest BCUT2D eigenvalue weighted by Crippen LogP contribution is -2.05. The van der Waals surface area contributed by atoms with Crippen molar-refractivity contribution in [3.8, 4) is 5.69 Å². The molecular formula is C23H22N4OS2. The molecule has 1 N–H and O–H groups in total. The van der Waals surface area contributed by atoms with Crippen molar-refractivity contribution in [2.75, 3.05) is 11.1 Å². The van der Waals surface area contributed by atoms with E-state index in [4.69, 9.17) is 0 Å². The molecule has 4 aromatic rings. The number of rotatable bonds is 7. The Hall–Kier alpha value is -2.90. The molecule has 30 heavy (non-hydrogen) atoms. The highest BCUT2D eigenvalue weighted by Gasteiger charge is 2.17. The van der Waals surface area contributed by atoms with Crippen LogP contribution in [0.3, 0.4) is 0 Å². The summed E-state index contributed by atoms with van der Waals surface area (Å²) in [6, 6.07) is 20.2. The van der Waals surface area contributed by atoms with Crippen LogP contribution in [0.15, 0.2) is 65.0 Å². The van der Waals surface area contributed by atoms with E-state index >= 15 is 0 Å². The Labute approximate surface area is 184 Å². The second-order valence-corrected chi connectivity index (χ2v) is 9.24. The van der Waals surface area contributed by atoms with E-state index in [-0.39, 0.29) is 5.78 Å². The van der Waals surface area contributed by atoms with E-state index in [0.29, 0.717) is 5.75 Å². The Morgan fingerprint density at radius 2 is 1.83 bits per heavy atom. The lowest BCUT2D eigenvalue weighted by molar-refractivity contribution is 0.102. The van der Waals surface area contributed by atoms with Gasteiger partial charge in [0.2, 0.25) is 5.13 Å². The number of thioether (sulfide) groups is 1. The Balaban J connectivity index is 1.43. The molecule has 0 aliphatic carbocycles. The fraction of sp³-hybridized carbons (Fsp3) is 0.174. The summed E-state index contributed by atoms with van der Waals surface area (Å²) in [5, 5.41) is 12.4. The number of Topliss-reactive ketones (excluding diaryl/α,β-unsaturated/α-hetero) is 1. The molecule has 0 spiro atoms. The summed E-state index contributed by atoms with van der Waals surface area (Å²) in [6.45, 7) is 6.07. The molecule has 0 aliphatic heterocycles. The predicted octanol–water partition coefficient (Wildman–Crippen LogP) is 5.97. The normalized spacial score (nSPS) is 10.9. The van der Waals surface area contributed by atoms with Crippen molar-refractivity contribution in [2.24, 2.45) is 0 Å². The van der Waals surface area contributed by atoms with Gasteiger partial charge < -0.3 is 9.88 Å². The minimum Gasteiger partial charge on any atom is -0.330 e. The molecule has 0 aliphatic rings. The molecule has 5 nitrogen and oxygen atoms in total. The fourth-order valence-corrected chi connectivity index (χ4v) is 5.04. The van der Waals surface area contributed by atoms with Crippen LogP contribution in [-0.2, 0) is 0 Å². The number of nitrogens with zero attached hydrogens (tertiary/aromatic N) is 3. The molecule has 0 radical (unpaired) electrons. The number of carbonyl (C=O) groups excluding carboxylic acids is 1. The summed E-state index contributed by atoms with van der Waals surface area (Å²) in [6.07, 6.45) is 0. The molecule has 0 fully saturated rings. The third kappa shape index (κ3) is 4.47. The van der Waals surface area contributed by atoms with Gasteiger partial charge in [0.15, 0.2) is 10.1 Å². The van der Waals surface area contributed by atoms with Crippen LogP contribution in [0.1, 0.15) is 27.3 Å². The van der Waals surface area contributed by atoms with Gasteiger partial charge in [-0.15, -0.1) is 10.2 Å². The number of benzene rings is 2. The van der Waals surface area contributed by atoms with Crippen molar-refractivity contribution in [3.05, 3.63) is 83.2 Å². The van der Waals surface area contributed by atoms with Gasteiger partial charge in [0.1, 0.15) is 0 Å². The summed E-state index contributed by atoms with van der Waals surface area (Å²) in [7, 11) is 0. The van der Waals surface area contributed by atoms with Crippen LogP contribution >= 0.6 is 23.1 Å². The third-order valence-electron chi connectivity index (χ3n) is 4.75. The molecule has 7 heteroatoms. The van der Waals surface area contributed by atoms with E-state index in [1.54, 1.807) is 0 Å². The number of anilines is 2. The number of para-hydroxylation sites is 1. The van der Waals surface area contributed by atoms with Crippen LogP contribution in [-0.4, -0.2) is 26.3 Å². The number of ketones is 1. The summed E-state index contributed by atoms with van der Waals surface area (Å²) in [5.41, 5.74) is 5.99. The predicted molar refractivity (Wildman–Crippen MR) is 125 cm³/mol. The second kappa shape index (κ2) is 8.85. The topological polar surface area (TPSA) is 59.8 Å². The van der Waals surface area contributed by atoms with Gasteiger partial charge in [-0.3, -0.25) is 4.79 Å². The highest BCUT2D eigenvalue weighted by molar-refractivity contribution is 8.01. The van der Waals surface area contributed by atoms with Crippen LogP contribution < -0.4 is 5.32 Å². The Bertz CT molecular complexity index is 1180. The Kier molecular flexibility index (Phi) is 6.01. The number of hydrogen-bond acceptors (Lipinski definition) is 6. The van der Waals surface area contributed by atoms with Crippen LogP contribution in [0.2, 0.25) is 0 Å².